The number of ether oxygens (including phenoxy) is 1. The Bertz CT molecular complexity index is 757. The molecule has 2 aromatic rings. The largest absolute Gasteiger partial charge is 0.496 e. The van der Waals surface area contributed by atoms with Gasteiger partial charge >= 0.3 is 6.18 Å². The van der Waals surface area contributed by atoms with Crippen LogP contribution >= 0.6 is 0 Å². The summed E-state index contributed by atoms with van der Waals surface area (Å²) in [5.74, 6) is -1.25. The van der Waals surface area contributed by atoms with E-state index in [-0.39, 0.29) is 17.7 Å². The zero-order valence-corrected chi connectivity index (χ0v) is 13.0. The number of alkyl halides is 3. The number of amides is 1. The first kappa shape index (κ1) is 17.8. The lowest BCUT2D eigenvalue weighted by Gasteiger charge is -2.14. The molecule has 24 heavy (non-hydrogen) atoms. The van der Waals surface area contributed by atoms with Gasteiger partial charge in [-0.1, -0.05) is 17.7 Å². The molecular formula is C17H15F4NO2. The van der Waals surface area contributed by atoms with Crippen LogP contribution in [0.3, 0.4) is 0 Å². The number of carbonyl (C=O) groups excluding carboxylic acids is 1. The highest BCUT2D eigenvalue weighted by atomic mass is 19.4. The van der Waals surface area contributed by atoms with Gasteiger partial charge < -0.3 is 10.1 Å². The Hall–Kier alpha value is -2.57. The SMILES string of the molecule is COc1ccc(C)cc1C(=O)NCc1ccc(F)cc1C(F)(F)F. The van der Waals surface area contributed by atoms with E-state index in [9.17, 15) is 22.4 Å². The van der Waals surface area contributed by atoms with Crippen LogP contribution in [0.2, 0.25) is 0 Å². The maximum atomic E-state index is 13.1. The Balaban J connectivity index is 2.23. The van der Waals surface area contributed by atoms with Crippen molar-refractivity contribution in [3.63, 3.8) is 0 Å². The number of rotatable bonds is 4. The average molecular weight is 341 g/mol. The Labute approximate surface area is 136 Å². The second-order valence-electron chi connectivity index (χ2n) is 5.19. The molecule has 7 heteroatoms. The van der Waals surface area contributed by atoms with Crippen LogP contribution in [-0.2, 0) is 12.7 Å². The van der Waals surface area contributed by atoms with E-state index in [4.69, 9.17) is 4.74 Å². The summed E-state index contributed by atoms with van der Waals surface area (Å²) in [5, 5.41) is 2.41. The number of aryl methyl sites for hydroxylation is 1. The summed E-state index contributed by atoms with van der Waals surface area (Å²) in [4.78, 5) is 12.2. The minimum absolute atomic E-state index is 0.216. The molecule has 0 aliphatic rings. The highest BCUT2D eigenvalue weighted by molar-refractivity contribution is 5.97. The van der Waals surface area contributed by atoms with Crippen LogP contribution in [0.15, 0.2) is 36.4 Å². The van der Waals surface area contributed by atoms with Crippen molar-refractivity contribution in [1.29, 1.82) is 0 Å². The normalized spacial score (nSPS) is 11.2. The van der Waals surface area contributed by atoms with Crippen molar-refractivity contribution in [2.75, 3.05) is 7.11 Å². The van der Waals surface area contributed by atoms with Gasteiger partial charge in [0.05, 0.1) is 18.2 Å². The predicted molar refractivity (Wildman–Crippen MR) is 80.3 cm³/mol. The lowest BCUT2D eigenvalue weighted by molar-refractivity contribution is -0.138. The Kier molecular flexibility index (Phi) is 5.11. The number of hydrogen-bond donors (Lipinski definition) is 1. The fourth-order valence-corrected chi connectivity index (χ4v) is 2.24. The van der Waals surface area contributed by atoms with E-state index in [0.29, 0.717) is 11.8 Å². The van der Waals surface area contributed by atoms with Gasteiger partial charge in [-0.2, -0.15) is 13.2 Å². The topological polar surface area (TPSA) is 38.3 Å². The zero-order chi connectivity index (χ0) is 17.9. The van der Waals surface area contributed by atoms with Crippen LogP contribution in [0.4, 0.5) is 17.6 Å². The maximum Gasteiger partial charge on any atom is 0.416 e. The molecule has 0 unspecified atom stereocenters. The van der Waals surface area contributed by atoms with E-state index in [1.165, 1.54) is 7.11 Å². The lowest BCUT2D eigenvalue weighted by atomic mass is 10.1. The van der Waals surface area contributed by atoms with Gasteiger partial charge in [-0.3, -0.25) is 4.79 Å². The molecule has 0 saturated heterocycles. The van der Waals surface area contributed by atoms with Crippen LogP contribution in [0.1, 0.15) is 27.0 Å². The molecular weight excluding hydrogens is 326 g/mol. The molecule has 0 spiro atoms. The second kappa shape index (κ2) is 6.90. The minimum Gasteiger partial charge on any atom is -0.496 e. The van der Waals surface area contributed by atoms with Crippen LogP contribution in [0, 0.1) is 12.7 Å². The summed E-state index contributed by atoms with van der Waals surface area (Å²) in [6.45, 7) is 1.39. The van der Waals surface area contributed by atoms with E-state index < -0.39 is 23.5 Å². The molecule has 0 aromatic heterocycles. The van der Waals surface area contributed by atoms with E-state index in [1.54, 1.807) is 25.1 Å². The fourth-order valence-electron chi connectivity index (χ4n) is 2.24. The number of methoxy groups -OCH3 is 1. The van der Waals surface area contributed by atoms with Crippen molar-refractivity contribution in [3.8, 4) is 5.75 Å². The van der Waals surface area contributed by atoms with Gasteiger partial charge in [-0.15, -0.1) is 0 Å². The van der Waals surface area contributed by atoms with Gasteiger partial charge in [-0.25, -0.2) is 4.39 Å². The summed E-state index contributed by atoms with van der Waals surface area (Å²) in [6.07, 6.45) is -4.71. The number of carbonyl (C=O) groups is 1. The summed E-state index contributed by atoms with van der Waals surface area (Å²) < 4.78 is 57.0. The number of nitrogens with one attached hydrogen (secondary N) is 1. The number of hydrogen-bond acceptors (Lipinski definition) is 2. The highest BCUT2D eigenvalue weighted by Gasteiger charge is 2.33. The summed E-state index contributed by atoms with van der Waals surface area (Å²) in [5.41, 5.74) is -0.310. The molecule has 0 saturated carbocycles. The predicted octanol–water partition coefficient (Wildman–Crippen LogP) is 4.09. The van der Waals surface area contributed by atoms with Gasteiger partial charge in [0.2, 0.25) is 0 Å². The molecule has 3 nitrogen and oxygen atoms in total. The Morgan fingerprint density at radius 3 is 2.50 bits per heavy atom. The average Bonchev–Trinajstić information content (AvgIpc) is 2.52. The molecule has 128 valence electrons. The third kappa shape index (κ3) is 4.04. The standard InChI is InChI=1S/C17H15F4NO2/c1-10-3-6-15(24-2)13(7-10)16(23)22-9-11-4-5-12(18)8-14(11)17(19,20)21/h3-8H,9H2,1-2H3,(H,22,23). The molecule has 1 amide bonds. The number of halogens is 4. The first-order valence-corrected chi connectivity index (χ1v) is 7.01. The fraction of sp³-hybridized carbons (Fsp3) is 0.235. The lowest BCUT2D eigenvalue weighted by Crippen LogP contribution is -2.25. The molecule has 0 bridgehead atoms. The van der Waals surface area contributed by atoms with Crippen LogP contribution < -0.4 is 10.1 Å². The van der Waals surface area contributed by atoms with Gasteiger partial charge in [0, 0.05) is 6.54 Å². The number of benzene rings is 2. The van der Waals surface area contributed by atoms with E-state index in [0.717, 1.165) is 17.7 Å². The first-order chi connectivity index (χ1) is 11.2. The van der Waals surface area contributed by atoms with Crippen molar-refractivity contribution in [1.82, 2.24) is 5.32 Å². The second-order valence-corrected chi connectivity index (χ2v) is 5.19. The summed E-state index contributed by atoms with van der Waals surface area (Å²) >= 11 is 0. The molecule has 0 heterocycles. The van der Waals surface area contributed by atoms with Crippen molar-refractivity contribution < 1.29 is 27.1 Å². The minimum atomic E-state index is -4.71. The first-order valence-electron chi connectivity index (χ1n) is 7.01. The van der Waals surface area contributed by atoms with Crippen molar-refractivity contribution in [2.24, 2.45) is 0 Å². The van der Waals surface area contributed by atoms with Gasteiger partial charge in [-0.05, 0) is 36.8 Å². The van der Waals surface area contributed by atoms with Crippen LogP contribution in [0.25, 0.3) is 0 Å². The van der Waals surface area contributed by atoms with Gasteiger partial charge in [0.15, 0.2) is 0 Å². The van der Waals surface area contributed by atoms with Crippen molar-refractivity contribution in [2.45, 2.75) is 19.6 Å². The van der Waals surface area contributed by atoms with Gasteiger partial charge in [0.1, 0.15) is 11.6 Å². The quantitative estimate of drug-likeness (QED) is 0.851. The van der Waals surface area contributed by atoms with Crippen LogP contribution in [-0.4, -0.2) is 13.0 Å². The molecule has 0 aliphatic heterocycles. The summed E-state index contributed by atoms with van der Waals surface area (Å²) in [6, 6.07) is 7.26. The van der Waals surface area contributed by atoms with Gasteiger partial charge in [0.25, 0.3) is 5.91 Å². The third-order valence-corrected chi connectivity index (χ3v) is 3.42. The molecule has 1 N–H and O–H groups in total. The van der Waals surface area contributed by atoms with Crippen molar-refractivity contribution >= 4 is 5.91 Å². The molecule has 0 atom stereocenters. The third-order valence-electron chi connectivity index (χ3n) is 3.42. The monoisotopic (exact) mass is 341 g/mol. The maximum absolute atomic E-state index is 13.1. The Morgan fingerprint density at radius 1 is 1.17 bits per heavy atom. The van der Waals surface area contributed by atoms with Crippen LogP contribution in [0.5, 0.6) is 5.75 Å². The molecule has 0 fully saturated rings. The molecule has 0 aliphatic carbocycles. The van der Waals surface area contributed by atoms with E-state index in [2.05, 4.69) is 5.32 Å². The molecule has 2 aromatic carbocycles. The van der Waals surface area contributed by atoms with Crippen molar-refractivity contribution in [3.05, 3.63) is 64.5 Å². The van der Waals surface area contributed by atoms with E-state index >= 15 is 0 Å². The zero-order valence-electron chi connectivity index (χ0n) is 13.0. The Morgan fingerprint density at radius 2 is 1.88 bits per heavy atom. The highest BCUT2D eigenvalue weighted by Crippen LogP contribution is 2.32. The smallest absolute Gasteiger partial charge is 0.416 e. The van der Waals surface area contributed by atoms with E-state index in [1.807, 2.05) is 0 Å². The molecule has 2 rings (SSSR count). The summed E-state index contributed by atoms with van der Waals surface area (Å²) in [7, 11) is 1.39. The molecule has 0 radical (unpaired) electrons.